The summed E-state index contributed by atoms with van der Waals surface area (Å²) in [4.78, 5) is 15.9. The fourth-order valence-corrected chi connectivity index (χ4v) is 2.49. The van der Waals surface area contributed by atoms with E-state index in [4.69, 9.17) is 23.2 Å². The summed E-state index contributed by atoms with van der Waals surface area (Å²) >= 11 is 11.9. The highest BCUT2D eigenvalue weighted by atomic mass is 35.5. The zero-order valence-electron chi connectivity index (χ0n) is 9.78. The lowest BCUT2D eigenvalue weighted by Crippen LogP contribution is -2.41. The molecular weight excluding hydrogens is 261 g/mol. The van der Waals surface area contributed by atoms with E-state index in [-0.39, 0.29) is 11.9 Å². The number of rotatable bonds is 4. The molecule has 2 atom stereocenters. The van der Waals surface area contributed by atoms with Crippen molar-refractivity contribution in [3.8, 4) is 0 Å². The summed E-state index contributed by atoms with van der Waals surface area (Å²) in [5, 5.41) is 2.92. The van der Waals surface area contributed by atoms with E-state index in [9.17, 15) is 4.79 Å². The number of amides is 1. The van der Waals surface area contributed by atoms with Gasteiger partial charge in [-0.15, -0.1) is 23.2 Å². The quantitative estimate of drug-likeness (QED) is 0.855. The van der Waals surface area contributed by atoms with Gasteiger partial charge in [0.05, 0.1) is 11.7 Å². The molecule has 0 aliphatic heterocycles. The van der Waals surface area contributed by atoms with Crippen LogP contribution < -0.4 is 5.32 Å². The first-order chi connectivity index (χ1) is 7.85. The lowest BCUT2D eigenvalue weighted by molar-refractivity contribution is -0.126. The monoisotopic (exact) mass is 275 g/mol. The first-order valence-electron chi connectivity index (χ1n) is 5.50. The molecule has 1 aliphatic carbocycles. The first-order valence-corrected chi connectivity index (χ1v) is 6.25. The minimum absolute atomic E-state index is 0.0123. The van der Waals surface area contributed by atoms with E-state index in [2.05, 4.69) is 10.3 Å². The van der Waals surface area contributed by atoms with E-state index in [0.717, 1.165) is 0 Å². The highest BCUT2D eigenvalue weighted by molar-refractivity contribution is 6.53. The lowest BCUT2D eigenvalue weighted by atomic mass is 10.1. The number of halogens is 2. The van der Waals surface area contributed by atoms with Crippen LogP contribution in [0.4, 0.5) is 0 Å². The molecule has 0 saturated heterocycles. The highest BCUT2D eigenvalue weighted by Gasteiger charge is 2.67. The van der Waals surface area contributed by atoms with Gasteiger partial charge in [0.25, 0.3) is 0 Å². The summed E-state index contributed by atoms with van der Waals surface area (Å²) in [7, 11) is 0. The standard InChI is InChI=1S/C11H15Cl2N3O/c1-8(5-16-4-3-14-7-16)15-9(17)10(2)6-11(10,12)13/h3-4,7-8H,5-6H2,1-2H3,(H,15,17)/t8-,10-/m0/s1. The van der Waals surface area contributed by atoms with Crippen molar-refractivity contribution in [1.29, 1.82) is 0 Å². The topological polar surface area (TPSA) is 46.9 Å². The number of alkyl halides is 2. The molecule has 1 aromatic heterocycles. The second-order valence-electron chi connectivity index (χ2n) is 4.85. The Kier molecular flexibility index (Phi) is 3.12. The lowest BCUT2D eigenvalue weighted by Gasteiger charge is -2.18. The highest BCUT2D eigenvalue weighted by Crippen LogP contribution is 2.63. The molecule has 0 bridgehead atoms. The normalized spacial score (nSPS) is 27.5. The van der Waals surface area contributed by atoms with E-state index in [1.165, 1.54) is 0 Å². The van der Waals surface area contributed by atoms with Crippen molar-refractivity contribution in [2.45, 2.75) is 37.2 Å². The van der Waals surface area contributed by atoms with Crippen LogP contribution in [0, 0.1) is 5.41 Å². The van der Waals surface area contributed by atoms with Crippen molar-refractivity contribution in [1.82, 2.24) is 14.9 Å². The van der Waals surface area contributed by atoms with Gasteiger partial charge >= 0.3 is 0 Å². The third kappa shape index (κ3) is 2.43. The number of nitrogens with zero attached hydrogens (tertiary/aromatic N) is 2. The van der Waals surface area contributed by atoms with Crippen LogP contribution in [0.1, 0.15) is 20.3 Å². The molecule has 1 fully saturated rings. The van der Waals surface area contributed by atoms with Crippen molar-refractivity contribution in [3.05, 3.63) is 18.7 Å². The van der Waals surface area contributed by atoms with Gasteiger partial charge in [0, 0.05) is 25.0 Å². The van der Waals surface area contributed by atoms with Crippen molar-refractivity contribution in [2.24, 2.45) is 5.41 Å². The van der Waals surface area contributed by atoms with Crippen LogP contribution in [-0.2, 0) is 11.3 Å². The first kappa shape index (κ1) is 12.7. The Morgan fingerprint density at radius 2 is 2.29 bits per heavy atom. The molecule has 94 valence electrons. The molecule has 0 unspecified atom stereocenters. The summed E-state index contributed by atoms with van der Waals surface area (Å²) in [5.74, 6) is -0.0879. The second kappa shape index (κ2) is 4.18. The number of hydrogen-bond acceptors (Lipinski definition) is 2. The molecular formula is C11H15Cl2N3O. The molecule has 1 amide bonds. The molecule has 1 heterocycles. The predicted molar refractivity (Wildman–Crippen MR) is 67.0 cm³/mol. The van der Waals surface area contributed by atoms with E-state index < -0.39 is 9.75 Å². The molecule has 0 aromatic carbocycles. The number of aromatic nitrogens is 2. The van der Waals surface area contributed by atoms with Crippen LogP contribution in [0.5, 0.6) is 0 Å². The minimum atomic E-state index is -0.911. The number of hydrogen-bond donors (Lipinski definition) is 1. The summed E-state index contributed by atoms with van der Waals surface area (Å²) in [6.45, 7) is 4.40. The van der Waals surface area contributed by atoms with Crippen LogP contribution in [0.15, 0.2) is 18.7 Å². The largest absolute Gasteiger partial charge is 0.351 e. The Bertz CT molecular complexity index is 418. The maximum Gasteiger partial charge on any atom is 0.229 e. The molecule has 17 heavy (non-hydrogen) atoms. The smallest absolute Gasteiger partial charge is 0.229 e. The summed E-state index contributed by atoms with van der Waals surface area (Å²) < 4.78 is 1.00. The van der Waals surface area contributed by atoms with Gasteiger partial charge in [0.1, 0.15) is 4.33 Å². The molecule has 1 N–H and O–H groups in total. The average molecular weight is 276 g/mol. The zero-order valence-corrected chi connectivity index (χ0v) is 11.3. The zero-order chi connectivity index (χ0) is 12.7. The van der Waals surface area contributed by atoms with Crippen molar-refractivity contribution in [2.75, 3.05) is 0 Å². The van der Waals surface area contributed by atoms with Gasteiger partial charge in [-0.3, -0.25) is 4.79 Å². The second-order valence-corrected chi connectivity index (χ2v) is 6.33. The van der Waals surface area contributed by atoms with E-state index >= 15 is 0 Å². The molecule has 1 aliphatic rings. The summed E-state index contributed by atoms with van der Waals surface area (Å²) in [6.07, 6.45) is 5.79. The Balaban J connectivity index is 1.88. The number of imidazole rings is 1. The Hall–Kier alpha value is -0.740. The van der Waals surface area contributed by atoms with Gasteiger partial charge in [-0.05, 0) is 20.3 Å². The Morgan fingerprint density at radius 3 is 2.76 bits per heavy atom. The van der Waals surface area contributed by atoms with Gasteiger partial charge in [-0.1, -0.05) is 0 Å². The van der Waals surface area contributed by atoms with Gasteiger partial charge < -0.3 is 9.88 Å². The van der Waals surface area contributed by atoms with E-state index in [1.54, 1.807) is 19.4 Å². The van der Waals surface area contributed by atoms with Gasteiger partial charge in [0.2, 0.25) is 5.91 Å². The van der Waals surface area contributed by atoms with E-state index in [0.29, 0.717) is 13.0 Å². The third-order valence-corrected chi connectivity index (χ3v) is 4.28. The van der Waals surface area contributed by atoms with E-state index in [1.807, 2.05) is 17.7 Å². The van der Waals surface area contributed by atoms with Crippen LogP contribution in [0.3, 0.4) is 0 Å². The maximum atomic E-state index is 12.0. The number of carbonyl (C=O) groups excluding carboxylic acids is 1. The van der Waals surface area contributed by atoms with Crippen LogP contribution in [0.25, 0.3) is 0 Å². The van der Waals surface area contributed by atoms with Crippen molar-refractivity contribution < 1.29 is 4.79 Å². The van der Waals surface area contributed by atoms with Crippen molar-refractivity contribution in [3.63, 3.8) is 0 Å². The SMILES string of the molecule is C[C@@H](Cn1ccnc1)NC(=O)[C@]1(C)CC1(Cl)Cl. The van der Waals surface area contributed by atoms with Crippen LogP contribution >= 0.6 is 23.2 Å². The predicted octanol–water partition coefficient (Wildman–Crippen LogP) is 1.97. The maximum absolute atomic E-state index is 12.0. The summed E-state index contributed by atoms with van der Waals surface area (Å²) in [5.41, 5.74) is -0.653. The molecule has 1 saturated carbocycles. The molecule has 0 radical (unpaired) electrons. The third-order valence-electron chi connectivity index (χ3n) is 3.18. The Morgan fingerprint density at radius 1 is 1.65 bits per heavy atom. The average Bonchev–Trinajstić information content (AvgIpc) is 2.64. The van der Waals surface area contributed by atoms with Gasteiger partial charge in [-0.2, -0.15) is 0 Å². The minimum Gasteiger partial charge on any atom is -0.351 e. The fourth-order valence-electron chi connectivity index (χ4n) is 1.79. The molecule has 0 spiro atoms. The molecule has 2 rings (SSSR count). The van der Waals surface area contributed by atoms with Crippen LogP contribution in [-0.4, -0.2) is 25.8 Å². The fraction of sp³-hybridized carbons (Fsp3) is 0.636. The molecule has 6 heteroatoms. The molecule has 1 aromatic rings. The summed E-state index contributed by atoms with van der Waals surface area (Å²) in [6, 6.07) is 0.0123. The van der Waals surface area contributed by atoms with Crippen LogP contribution in [0.2, 0.25) is 0 Å². The van der Waals surface area contributed by atoms with Crippen molar-refractivity contribution >= 4 is 29.1 Å². The number of nitrogens with one attached hydrogen (secondary N) is 1. The van der Waals surface area contributed by atoms with Gasteiger partial charge in [0.15, 0.2) is 0 Å². The Labute approximate surface area is 110 Å². The molecule has 4 nitrogen and oxygen atoms in total. The number of carbonyl (C=O) groups is 1. The van der Waals surface area contributed by atoms with Gasteiger partial charge in [-0.25, -0.2) is 4.98 Å².